The standard InChI is InChI=1S/C18H24N2O/c1-13(2)14-6-4-11-20(12-9-14)18(21)16-7-3-5-15-8-10-19-17(15)16/h3,5,7-8,10,13-14,19H,4,6,9,11-12H2,1-2H3. The SMILES string of the molecule is CC(C)C1CCCN(C(=O)c2cccc3cc[nH]c23)CC1. The summed E-state index contributed by atoms with van der Waals surface area (Å²) in [7, 11) is 0. The van der Waals surface area contributed by atoms with E-state index in [0.29, 0.717) is 5.92 Å². The lowest BCUT2D eigenvalue weighted by molar-refractivity contribution is 0.0760. The van der Waals surface area contributed by atoms with Gasteiger partial charge in [-0.05, 0) is 43.2 Å². The van der Waals surface area contributed by atoms with E-state index in [2.05, 4.69) is 18.8 Å². The van der Waals surface area contributed by atoms with E-state index in [-0.39, 0.29) is 5.91 Å². The highest BCUT2D eigenvalue weighted by molar-refractivity contribution is 6.05. The average molecular weight is 284 g/mol. The molecular formula is C18H24N2O. The Morgan fingerprint density at radius 2 is 2.10 bits per heavy atom. The van der Waals surface area contributed by atoms with Crippen molar-refractivity contribution >= 4 is 16.8 Å². The van der Waals surface area contributed by atoms with Crippen LogP contribution in [0.4, 0.5) is 0 Å². The fourth-order valence-electron chi connectivity index (χ4n) is 3.43. The molecule has 1 amide bonds. The van der Waals surface area contributed by atoms with E-state index >= 15 is 0 Å². The van der Waals surface area contributed by atoms with Gasteiger partial charge in [-0.1, -0.05) is 26.0 Å². The van der Waals surface area contributed by atoms with Crippen molar-refractivity contribution in [2.45, 2.75) is 33.1 Å². The summed E-state index contributed by atoms with van der Waals surface area (Å²) in [5, 5.41) is 1.11. The van der Waals surface area contributed by atoms with Gasteiger partial charge in [0, 0.05) is 24.7 Å². The summed E-state index contributed by atoms with van der Waals surface area (Å²) in [6.07, 6.45) is 5.40. The van der Waals surface area contributed by atoms with Gasteiger partial charge in [-0.2, -0.15) is 0 Å². The molecule has 0 aliphatic carbocycles. The second kappa shape index (κ2) is 5.92. The largest absolute Gasteiger partial charge is 0.361 e. The van der Waals surface area contributed by atoms with Crippen LogP contribution < -0.4 is 0 Å². The van der Waals surface area contributed by atoms with Gasteiger partial charge in [-0.3, -0.25) is 4.79 Å². The summed E-state index contributed by atoms with van der Waals surface area (Å²) in [5.74, 6) is 1.64. The van der Waals surface area contributed by atoms with Crippen molar-refractivity contribution in [3.63, 3.8) is 0 Å². The van der Waals surface area contributed by atoms with E-state index in [0.717, 1.165) is 48.3 Å². The first-order valence-corrected chi connectivity index (χ1v) is 8.02. The molecule has 21 heavy (non-hydrogen) atoms. The number of fused-ring (bicyclic) bond motifs is 1. The average Bonchev–Trinajstić information content (AvgIpc) is 2.81. The number of amides is 1. The molecule has 1 aliphatic heterocycles. The molecule has 1 aliphatic rings. The van der Waals surface area contributed by atoms with E-state index in [4.69, 9.17) is 0 Å². The van der Waals surface area contributed by atoms with Crippen LogP contribution in [0.2, 0.25) is 0 Å². The third-order valence-corrected chi connectivity index (χ3v) is 4.82. The monoisotopic (exact) mass is 284 g/mol. The van der Waals surface area contributed by atoms with Gasteiger partial charge < -0.3 is 9.88 Å². The smallest absolute Gasteiger partial charge is 0.255 e. The van der Waals surface area contributed by atoms with Gasteiger partial charge in [0.05, 0.1) is 11.1 Å². The number of rotatable bonds is 2. The number of hydrogen-bond donors (Lipinski definition) is 1. The number of aromatic nitrogens is 1. The molecule has 3 rings (SSSR count). The maximum absolute atomic E-state index is 12.8. The molecule has 112 valence electrons. The topological polar surface area (TPSA) is 36.1 Å². The zero-order valence-electron chi connectivity index (χ0n) is 12.9. The summed E-state index contributed by atoms with van der Waals surface area (Å²) < 4.78 is 0. The summed E-state index contributed by atoms with van der Waals surface area (Å²) in [5.41, 5.74) is 1.77. The van der Waals surface area contributed by atoms with Gasteiger partial charge in [0.25, 0.3) is 5.91 Å². The minimum absolute atomic E-state index is 0.174. The Labute approximate surface area is 126 Å². The van der Waals surface area contributed by atoms with Gasteiger partial charge >= 0.3 is 0 Å². The van der Waals surface area contributed by atoms with E-state index in [1.54, 1.807) is 0 Å². The van der Waals surface area contributed by atoms with Crippen LogP contribution in [0.15, 0.2) is 30.5 Å². The van der Waals surface area contributed by atoms with Crippen molar-refractivity contribution < 1.29 is 4.79 Å². The Morgan fingerprint density at radius 1 is 1.24 bits per heavy atom. The predicted molar refractivity (Wildman–Crippen MR) is 86.4 cm³/mol. The first-order chi connectivity index (χ1) is 10.2. The van der Waals surface area contributed by atoms with Crippen molar-refractivity contribution in [3.8, 4) is 0 Å². The number of aromatic amines is 1. The molecule has 0 saturated carbocycles. The Kier molecular flexibility index (Phi) is 4.00. The maximum atomic E-state index is 12.8. The van der Waals surface area contributed by atoms with Gasteiger partial charge in [-0.25, -0.2) is 0 Å². The van der Waals surface area contributed by atoms with Crippen molar-refractivity contribution in [1.29, 1.82) is 0 Å². The van der Waals surface area contributed by atoms with Crippen LogP contribution in [0.1, 0.15) is 43.5 Å². The minimum Gasteiger partial charge on any atom is -0.361 e. The Balaban J connectivity index is 1.80. The molecule has 2 aromatic rings. The highest BCUT2D eigenvalue weighted by Gasteiger charge is 2.24. The number of carbonyl (C=O) groups excluding carboxylic acids is 1. The molecule has 1 atom stereocenters. The normalized spacial score (nSPS) is 20.0. The van der Waals surface area contributed by atoms with Gasteiger partial charge in [-0.15, -0.1) is 0 Å². The van der Waals surface area contributed by atoms with Crippen LogP contribution in [0, 0.1) is 11.8 Å². The quantitative estimate of drug-likeness (QED) is 0.886. The Hall–Kier alpha value is -1.77. The van der Waals surface area contributed by atoms with Gasteiger partial charge in [0.2, 0.25) is 0 Å². The number of carbonyl (C=O) groups is 1. The van der Waals surface area contributed by atoms with Crippen LogP contribution in [-0.4, -0.2) is 28.9 Å². The molecule has 0 spiro atoms. The molecule has 1 unspecified atom stereocenters. The van der Waals surface area contributed by atoms with Crippen LogP contribution in [0.5, 0.6) is 0 Å². The second-order valence-corrected chi connectivity index (χ2v) is 6.47. The van der Waals surface area contributed by atoms with Crippen LogP contribution in [-0.2, 0) is 0 Å². The molecule has 2 heterocycles. The van der Waals surface area contributed by atoms with Crippen LogP contribution >= 0.6 is 0 Å². The third-order valence-electron chi connectivity index (χ3n) is 4.82. The number of nitrogens with zero attached hydrogens (tertiary/aromatic N) is 1. The van der Waals surface area contributed by atoms with E-state index in [9.17, 15) is 4.79 Å². The molecule has 3 nitrogen and oxygen atoms in total. The molecule has 1 aromatic heterocycles. The van der Waals surface area contributed by atoms with Crippen molar-refractivity contribution in [1.82, 2.24) is 9.88 Å². The summed E-state index contributed by atoms with van der Waals surface area (Å²) in [6, 6.07) is 7.97. The Morgan fingerprint density at radius 3 is 2.90 bits per heavy atom. The lowest BCUT2D eigenvalue weighted by Crippen LogP contribution is -2.32. The molecule has 1 fully saturated rings. The minimum atomic E-state index is 0.174. The summed E-state index contributed by atoms with van der Waals surface area (Å²) in [4.78, 5) is 18.1. The second-order valence-electron chi connectivity index (χ2n) is 6.47. The number of nitrogens with one attached hydrogen (secondary N) is 1. The fraction of sp³-hybridized carbons (Fsp3) is 0.500. The van der Waals surface area contributed by atoms with E-state index in [1.807, 2.05) is 35.4 Å². The van der Waals surface area contributed by atoms with Crippen molar-refractivity contribution in [3.05, 3.63) is 36.0 Å². The van der Waals surface area contributed by atoms with Crippen LogP contribution in [0.3, 0.4) is 0 Å². The number of hydrogen-bond acceptors (Lipinski definition) is 1. The number of likely N-dealkylation sites (tertiary alicyclic amines) is 1. The van der Waals surface area contributed by atoms with Crippen molar-refractivity contribution in [2.75, 3.05) is 13.1 Å². The summed E-state index contributed by atoms with van der Waals surface area (Å²) in [6.45, 7) is 6.36. The molecular weight excluding hydrogens is 260 g/mol. The lowest BCUT2D eigenvalue weighted by Gasteiger charge is -2.22. The number of para-hydroxylation sites is 1. The molecule has 1 N–H and O–H groups in total. The predicted octanol–water partition coefficient (Wildman–Crippen LogP) is 4.07. The molecule has 3 heteroatoms. The third kappa shape index (κ3) is 2.82. The van der Waals surface area contributed by atoms with Crippen LogP contribution in [0.25, 0.3) is 10.9 Å². The maximum Gasteiger partial charge on any atom is 0.255 e. The molecule has 1 aromatic carbocycles. The first kappa shape index (κ1) is 14.2. The lowest BCUT2D eigenvalue weighted by atomic mass is 9.89. The van der Waals surface area contributed by atoms with Gasteiger partial charge in [0.1, 0.15) is 0 Å². The van der Waals surface area contributed by atoms with E-state index < -0.39 is 0 Å². The fourth-order valence-corrected chi connectivity index (χ4v) is 3.43. The number of H-pyrrole nitrogens is 1. The van der Waals surface area contributed by atoms with Crippen molar-refractivity contribution in [2.24, 2.45) is 11.8 Å². The molecule has 0 bridgehead atoms. The molecule has 1 saturated heterocycles. The Bertz CT molecular complexity index is 629. The highest BCUT2D eigenvalue weighted by Crippen LogP contribution is 2.26. The number of benzene rings is 1. The summed E-state index contributed by atoms with van der Waals surface area (Å²) >= 11 is 0. The van der Waals surface area contributed by atoms with E-state index in [1.165, 1.54) is 6.42 Å². The first-order valence-electron chi connectivity index (χ1n) is 8.02. The highest BCUT2D eigenvalue weighted by atomic mass is 16.2. The zero-order valence-corrected chi connectivity index (χ0v) is 12.9. The molecule has 0 radical (unpaired) electrons. The zero-order chi connectivity index (χ0) is 14.8. The van der Waals surface area contributed by atoms with Gasteiger partial charge in [0.15, 0.2) is 0 Å².